The summed E-state index contributed by atoms with van der Waals surface area (Å²) in [5.74, 6) is 1.42. The van der Waals surface area contributed by atoms with Gasteiger partial charge < -0.3 is 24.2 Å². The van der Waals surface area contributed by atoms with Gasteiger partial charge in [-0.05, 0) is 39.0 Å². The molecule has 0 aliphatic carbocycles. The fourth-order valence-corrected chi connectivity index (χ4v) is 2.45. The highest BCUT2D eigenvalue weighted by molar-refractivity contribution is 5.99. The minimum Gasteiger partial charge on any atom is -0.454 e. The van der Waals surface area contributed by atoms with Crippen LogP contribution in [0, 0.1) is 6.92 Å². The van der Waals surface area contributed by atoms with E-state index in [1.807, 2.05) is 13.8 Å². The largest absolute Gasteiger partial charge is 0.454 e. The van der Waals surface area contributed by atoms with Crippen LogP contribution < -0.4 is 14.8 Å². The van der Waals surface area contributed by atoms with Crippen LogP contribution in [0.2, 0.25) is 0 Å². The van der Waals surface area contributed by atoms with Gasteiger partial charge in [-0.3, -0.25) is 9.59 Å². The van der Waals surface area contributed by atoms with E-state index in [9.17, 15) is 9.59 Å². The predicted molar refractivity (Wildman–Crippen MR) is 88.6 cm³/mol. The molecule has 0 fully saturated rings. The van der Waals surface area contributed by atoms with E-state index < -0.39 is 0 Å². The van der Waals surface area contributed by atoms with Gasteiger partial charge in [0.2, 0.25) is 12.7 Å². The van der Waals surface area contributed by atoms with Crippen molar-refractivity contribution in [3.05, 3.63) is 35.6 Å². The van der Waals surface area contributed by atoms with Crippen LogP contribution in [0.25, 0.3) is 0 Å². The number of amides is 2. The lowest BCUT2D eigenvalue weighted by Gasteiger charge is -2.26. The number of ether oxygens (including phenoxy) is 2. The van der Waals surface area contributed by atoms with E-state index in [1.54, 1.807) is 31.2 Å². The van der Waals surface area contributed by atoms with Crippen LogP contribution in [0.4, 0.5) is 5.82 Å². The standard InChI is InChI=1S/C17H19N3O5/c1-10(2)20(8-16(21)18-15-6-11(3)25-19-15)17(22)12-4-5-13-14(7-12)24-9-23-13/h4-7,10H,8-9H2,1-3H3,(H,18,19,21). The molecule has 0 bridgehead atoms. The first kappa shape index (κ1) is 16.8. The molecule has 3 rings (SSSR count). The van der Waals surface area contributed by atoms with Crippen molar-refractivity contribution < 1.29 is 23.6 Å². The molecular formula is C17H19N3O5. The summed E-state index contributed by atoms with van der Waals surface area (Å²) < 4.78 is 15.5. The third-order valence-electron chi connectivity index (χ3n) is 3.71. The van der Waals surface area contributed by atoms with Crippen molar-refractivity contribution >= 4 is 17.6 Å². The Morgan fingerprint density at radius 1 is 1.24 bits per heavy atom. The SMILES string of the molecule is Cc1cc(NC(=O)CN(C(=O)c2ccc3c(c2)OCO3)C(C)C)no1. The van der Waals surface area contributed by atoms with Gasteiger partial charge in [0.05, 0.1) is 0 Å². The molecular weight excluding hydrogens is 326 g/mol. The lowest BCUT2D eigenvalue weighted by atomic mass is 10.1. The molecule has 132 valence electrons. The Hall–Kier alpha value is -3.03. The van der Waals surface area contributed by atoms with Crippen molar-refractivity contribution in [3.63, 3.8) is 0 Å². The number of benzene rings is 1. The van der Waals surface area contributed by atoms with Gasteiger partial charge in [-0.2, -0.15) is 0 Å². The monoisotopic (exact) mass is 345 g/mol. The molecule has 0 radical (unpaired) electrons. The molecule has 8 heteroatoms. The molecule has 0 saturated heterocycles. The molecule has 2 aromatic rings. The molecule has 0 spiro atoms. The Bertz CT molecular complexity index is 799. The maximum atomic E-state index is 12.8. The van der Waals surface area contributed by atoms with Crippen LogP contribution in [0.3, 0.4) is 0 Å². The Morgan fingerprint density at radius 3 is 2.68 bits per heavy atom. The molecule has 1 aliphatic heterocycles. The summed E-state index contributed by atoms with van der Waals surface area (Å²) in [6, 6.07) is 6.41. The van der Waals surface area contributed by atoms with Gasteiger partial charge in [0, 0.05) is 17.7 Å². The van der Waals surface area contributed by atoms with Crippen LogP contribution in [-0.2, 0) is 4.79 Å². The number of anilines is 1. The fraction of sp³-hybridized carbons (Fsp3) is 0.353. The van der Waals surface area contributed by atoms with Crippen molar-refractivity contribution in [1.29, 1.82) is 0 Å². The van der Waals surface area contributed by atoms with Crippen LogP contribution in [0.1, 0.15) is 30.0 Å². The number of carbonyl (C=O) groups is 2. The number of hydrogen-bond donors (Lipinski definition) is 1. The smallest absolute Gasteiger partial charge is 0.254 e. The maximum absolute atomic E-state index is 12.8. The summed E-state index contributed by atoms with van der Waals surface area (Å²) in [6.07, 6.45) is 0. The van der Waals surface area contributed by atoms with E-state index in [0.29, 0.717) is 28.6 Å². The van der Waals surface area contributed by atoms with E-state index in [0.717, 1.165) is 0 Å². The van der Waals surface area contributed by atoms with Crippen LogP contribution in [-0.4, -0.2) is 41.3 Å². The Kier molecular flexibility index (Phi) is 4.60. The van der Waals surface area contributed by atoms with Crippen molar-refractivity contribution in [3.8, 4) is 11.5 Å². The van der Waals surface area contributed by atoms with E-state index in [2.05, 4.69) is 10.5 Å². The van der Waals surface area contributed by atoms with Gasteiger partial charge in [0.25, 0.3) is 5.91 Å². The highest BCUT2D eigenvalue weighted by atomic mass is 16.7. The normalized spacial score (nSPS) is 12.3. The predicted octanol–water partition coefficient (Wildman–Crippen LogP) is 2.20. The second-order valence-corrected chi connectivity index (χ2v) is 5.97. The number of nitrogens with zero attached hydrogens (tertiary/aromatic N) is 2. The summed E-state index contributed by atoms with van der Waals surface area (Å²) in [5, 5.41) is 6.32. The van der Waals surface area contributed by atoms with Crippen LogP contribution in [0.15, 0.2) is 28.8 Å². The minimum atomic E-state index is -0.351. The number of hydrogen-bond acceptors (Lipinski definition) is 6. The zero-order valence-electron chi connectivity index (χ0n) is 14.2. The van der Waals surface area contributed by atoms with Gasteiger partial charge in [-0.15, -0.1) is 0 Å². The van der Waals surface area contributed by atoms with Crippen molar-refractivity contribution in [2.45, 2.75) is 26.8 Å². The molecule has 1 aromatic carbocycles. The van der Waals surface area contributed by atoms with Crippen molar-refractivity contribution in [2.24, 2.45) is 0 Å². The summed E-state index contributed by atoms with van der Waals surface area (Å²) in [5.41, 5.74) is 0.433. The van der Waals surface area contributed by atoms with Crippen LogP contribution in [0.5, 0.6) is 11.5 Å². The highest BCUT2D eigenvalue weighted by Gasteiger charge is 2.24. The van der Waals surface area contributed by atoms with E-state index in [1.165, 1.54) is 4.90 Å². The van der Waals surface area contributed by atoms with Gasteiger partial charge in [0.15, 0.2) is 17.3 Å². The van der Waals surface area contributed by atoms with E-state index in [-0.39, 0.29) is 31.2 Å². The Morgan fingerprint density at radius 2 is 2.00 bits per heavy atom. The van der Waals surface area contributed by atoms with Gasteiger partial charge in [0.1, 0.15) is 12.3 Å². The van der Waals surface area contributed by atoms with E-state index in [4.69, 9.17) is 14.0 Å². The molecule has 25 heavy (non-hydrogen) atoms. The average molecular weight is 345 g/mol. The maximum Gasteiger partial charge on any atom is 0.254 e. The van der Waals surface area contributed by atoms with E-state index >= 15 is 0 Å². The molecule has 2 heterocycles. The number of carbonyl (C=O) groups excluding carboxylic acids is 2. The molecule has 8 nitrogen and oxygen atoms in total. The average Bonchev–Trinajstić information content (AvgIpc) is 3.19. The summed E-state index contributed by atoms with van der Waals surface area (Å²) in [7, 11) is 0. The second kappa shape index (κ2) is 6.84. The van der Waals surface area contributed by atoms with Crippen molar-refractivity contribution in [1.82, 2.24) is 10.1 Å². The number of aryl methyl sites for hydroxylation is 1. The topological polar surface area (TPSA) is 93.9 Å². The number of aromatic nitrogens is 1. The Balaban J connectivity index is 1.71. The molecule has 0 atom stereocenters. The lowest BCUT2D eigenvalue weighted by molar-refractivity contribution is -0.117. The molecule has 0 saturated carbocycles. The zero-order valence-corrected chi connectivity index (χ0v) is 14.2. The summed E-state index contributed by atoms with van der Waals surface area (Å²) in [6.45, 7) is 5.46. The quantitative estimate of drug-likeness (QED) is 0.893. The van der Waals surface area contributed by atoms with Crippen molar-refractivity contribution in [2.75, 3.05) is 18.7 Å². The van der Waals surface area contributed by atoms with Crippen LogP contribution >= 0.6 is 0 Å². The number of rotatable bonds is 5. The first-order valence-electron chi connectivity index (χ1n) is 7.88. The highest BCUT2D eigenvalue weighted by Crippen LogP contribution is 2.32. The number of nitrogens with one attached hydrogen (secondary N) is 1. The molecule has 1 N–H and O–H groups in total. The summed E-state index contributed by atoms with van der Waals surface area (Å²) in [4.78, 5) is 26.5. The Labute approximate surface area is 144 Å². The fourth-order valence-electron chi connectivity index (χ4n) is 2.45. The third kappa shape index (κ3) is 3.73. The minimum absolute atomic E-state index is 0.100. The van der Waals surface area contributed by atoms with Gasteiger partial charge in [-0.25, -0.2) is 0 Å². The van der Waals surface area contributed by atoms with Gasteiger partial charge in [-0.1, -0.05) is 5.16 Å². The zero-order chi connectivity index (χ0) is 18.0. The summed E-state index contributed by atoms with van der Waals surface area (Å²) >= 11 is 0. The van der Waals surface area contributed by atoms with Gasteiger partial charge >= 0.3 is 0 Å². The molecule has 0 unspecified atom stereocenters. The molecule has 1 aromatic heterocycles. The molecule has 2 amide bonds. The molecule has 1 aliphatic rings. The second-order valence-electron chi connectivity index (χ2n) is 5.97. The lowest BCUT2D eigenvalue weighted by Crippen LogP contribution is -2.42. The first-order chi connectivity index (χ1) is 11.9. The first-order valence-corrected chi connectivity index (χ1v) is 7.88. The third-order valence-corrected chi connectivity index (χ3v) is 3.71. The number of fused-ring (bicyclic) bond motifs is 1.